The van der Waals surface area contributed by atoms with Crippen LogP contribution in [0, 0.1) is 6.92 Å². The van der Waals surface area contributed by atoms with Gasteiger partial charge in [-0.05, 0) is 24.5 Å². The molecule has 0 aliphatic carbocycles. The van der Waals surface area contributed by atoms with Gasteiger partial charge in [-0.2, -0.15) is 0 Å². The van der Waals surface area contributed by atoms with Crippen LogP contribution in [0.4, 0.5) is 0 Å². The number of halogens is 1. The van der Waals surface area contributed by atoms with Crippen molar-refractivity contribution in [2.75, 3.05) is 11.8 Å². The summed E-state index contributed by atoms with van der Waals surface area (Å²) in [5.41, 5.74) is 2.32. The van der Waals surface area contributed by atoms with Gasteiger partial charge in [-0.1, -0.05) is 24.3 Å². The minimum Gasteiger partial charge on any atom is -0.214 e. The maximum absolute atomic E-state index is 11.0. The summed E-state index contributed by atoms with van der Waals surface area (Å²) in [4.78, 5) is 0. The van der Waals surface area contributed by atoms with E-state index in [0.717, 1.165) is 5.56 Å². The van der Waals surface area contributed by atoms with E-state index in [2.05, 4.69) is 4.72 Å². The van der Waals surface area contributed by atoms with Crippen molar-refractivity contribution in [2.45, 2.75) is 13.3 Å². The largest absolute Gasteiger partial charge is 0.225 e. The maximum Gasteiger partial charge on any atom is 0.225 e. The van der Waals surface area contributed by atoms with Crippen molar-refractivity contribution < 1.29 is 8.42 Å². The predicted molar refractivity (Wildman–Crippen MR) is 62.5 cm³/mol. The second-order valence-corrected chi connectivity index (χ2v) is 5.69. The number of benzene rings is 1. The van der Waals surface area contributed by atoms with Crippen LogP contribution in [-0.2, 0) is 16.4 Å². The first-order valence-corrected chi connectivity index (χ1v) is 6.81. The van der Waals surface area contributed by atoms with E-state index in [1.165, 1.54) is 5.56 Å². The van der Waals surface area contributed by atoms with Crippen LogP contribution in [0.5, 0.6) is 0 Å². The van der Waals surface area contributed by atoms with Crippen LogP contribution >= 0.6 is 11.6 Å². The standard InChI is InChI=1S/C10H14ClNO2S/c1-9-4-2-3-5-10(9)6-7-12-15(13,14)8-11/h2-5,12H,6-8H2,1H3. The van der Waals surface area contributed by atoms with Crippen LogP contribution in [0.25, 0.3) is 0 Å². The van der Waals surface area contributed by atoms with Crippen LogP contribution in [0.1, 0.15) is 11.1 Å². The number of aryl methyl sites for hydroxylation is 1. The molecule has 1 aromatic carbocycles. The molecule has 3 nitrogen and oxygen atoms in total. The lowest BCUT2D eigenvalue weighted by Gasteiger charge is -2.06. The molecule has 15 heavy (non-hydrogen) atoms. The molecule has 84 valence electrons. The minimum absolute atomic E-state index is 0.388. The Morgan fingerprint density at radius 1 is 1.33 bits per heavy atom. The highest BCUT2D eigenvalue weighted by atomic mass is 35.5. The third-order valence-corrected chi connectivity index (χ3v) is 3.91. The van der Waals surface area contributed by atoms with Gasteiger partial charge in [-0.3, -0.25) is 0 Å². The molecule has 0 spiro atoms. The van der Waals surface area contributed by atoms with Crippen molar-refractivity contribution in [1.82, 2.24) is 4.72 Å². The summed E-state index contributed by atoms with van der Waals surface area (Å²) in [5, 5.41) is -0.388. The molecule has 1 N–H and O–H groups in total. The van der Waals surface area contributed by atoms with Crippen molar-refractivity contribution in [2.24, 2.45) is 0 Å². The summed E-state index contributed by atoms with van der Waals surface area (Å²) in [6.07, 6.45) is 0.683. The fourth-order valence-electron chi connectivity index (χ4n) is 1.27. The average molecular weight is 248 g/mol. The number of sulfonamides is 1. The van der Waals surface area contributed by atoms with Crippen LogP contribution < -0.4 is 4.72 Å². The summed E-state index contributed by atoms with van der Waals surface area (Å²) in [6, 6.07) is 7.90. The average Bonchev–Trinajstić information content (AvgIpc) is 2.21. The number of hydrogen-bond donors (Lipinski definition) is 1. The zero-order chi connectivity index (χ0) is 11.3. The Bertz CT molecular complexity index is 417. The van der Waals surface area contributed by atoms with E-state index in [0.29, 0.717) is 13.0 Å². The lowest BCUT2D eigenvalue weighted by Crippen LogP contribution is -2.26. The summed E-state index contributed by atoms with van der Waals surface area (Å²) in [5.74, 6) is 0. The third-order valence-electron chi connectivity index (χ3n) is 2.12. The van der Waals surface area contributed by atoms with Gasteiger partial charge in [0.05, 0.1) is 0 Å². The smallest absolute Gasteiger partial charge is 0.214 e. The molecule has 0 bridgehead atoms. The SMILES string of the molecule is Cc1ccccc1CCNS(=O)(=O)CCl. The second-order valence-electron chi connectivity index (χ2n) is 3.29. The molecule has 0 saturated carbocycles. The third kappa shape index (κ3) is 4.20. The number of hydrogen-bond acceptors (Lipinski definition) is 2. The highest BCUT2D eigenvalue weighted by Crippen LogP contribution is 2.06. The zero-order valence-corrected chi connectivity index (χ0v) is 10.1. The molecule has 1 rings (SSSR count). The minimum atomic E-state index is -3.29. The lowest BCUT2D eigenvalue weighted by atomic mass is 10.1. The molecule has 0 saturated heterocycles. The van der Waals surface area contributed by atoms with Gasteiger partial charge in [0.2, 0.25) is 10.0 Å². The molecule has 0 amide bonds. The molecule has 0 aliphatic heterocycles. The summed E-state index contributed by atoms with van der Waals surface area (Å²) in [7, 11) is -3.29. The van der Waals surface area contributed by atoms with Gasteiger partial charge in [0, 0.05) is 6.54 Å². The first kappa shape index (κ1) is 12.5. The van der Waals surface area contributed by atoms with Gasteiger partial charge in [-0.15, -0.1) is 11.6 Å². The predicted octanol–water partition coefficient (Wildman–Crippen LogP) is 1.65. The van der Waals surface area contributed by atoms with E-state index in [1.807, 2.05) is 31.2 Å². The normalized spacial score (nSPS) is 11.6. The number of nitrogens with one attached hydrogen (secondary N) is 1. The first-order valence-electron chi connectivity index (χ1n) is 4.63. The molecule has 0 fully saturated rings. The topological polar surface area (TPSA) is 46.2 Å². The van der Waals surface area contributed by atoms with Crippen molar-refractivity contribution in [3.8, 4) is 0 Å². The molecule has 0 heterocycles. The summed E-state index contributed by atoms with van der Waals surface area (Å²) in [6.45, 7) is 2.39. The van der Waals surface area contributed by atoms with Gasteiger partial charge in [0.25, 0.3) is 0 Å². The zero-order valence-electron chi connectivity index (χ0n) is 8.53. The Balaban J connectivity index is 2.49. The van der Waals surface area contributed by atoms with E-state index in [4.69, 9.17) is 11.6 Å². The van der Waals surface area contributed by atoms with Crippen LogP contribution in [-0.4, -0.2) is 20.2 Å². The fraction of sp³-hybridized carbons (Fsp3) is 0.400. The molecular weight excluding hydrogens is 234 g/mol. The molecule has 0 aliphatic rings. The quantitative estimate of drug-likeness (QED) is 0.805. The summed E-state index contributed by atoms with van der Waals surface area (Å²) < 4.78 is 24.5. The molecular formula is C10H14ClNO2S. The van der Waals surface area contributed by atoms with Gasteiger partial charge in [-0.25, -0.2) is 13.1 Å². The van der Waals surface area contributed by atoms with E-state index in [1.54, 1.807) is 0 Å². The van der Waals surface area contributed by atoms with Gasteiger partial charge in [0.15, 0.2) is 0 Å². The van der Waals surface area contributed by atoms with E-state index in [9.17, 15) is 8.42 Å². The fourth-order valence-corrected chi connectivity index (χ4v) is 1.99. The van der Waals surface area contributed by atoms with E-state index >= 15 is 0 Å². The Kier molecular flexibility index (Phi) is 4.57. The molecule has 0 aromatic heterocycles. The highest BCUT2D eigenvalue weighted by molar-refractivity contribution is 7.90. The van der Waals surface area contributed by atoms with Crippen LogP contribution in [0.2, 0.25) is 0 Å². The summed E-state index contributed by atoms with van der Waals surface area (Å²) >= 11 is 5.26. The van der Waals surface area contributed by atoms with E-state index < -0.39 is 10.0 Å². The van der Waals surface area contributed by atoms with Crippen molar-refractivity contribution in [3.05, 3.63) is 35.4 Å². The van der Waals surface area contributed by atoms with Crippen LogP contribution in [0.15, 0.2) is 24.3 Å². The maximum atomic E-state index is 11.0. The van der Waals surface area contributed by atoms with Crippen molar-refractivity contribution in [3.63, 3.8) is 0 Å². The van der Waals surface area contributed by atoms with E-state index in [-0.39, 0.29) is 5.21 Å². The molecule has 0 atom stereocenters. The molecule has 1 aromatic rings. The Labute approximate surface area is 95.5 Å². The Hall–Kier alpha value is -0.580. The monoisotopic (exact) mass is 247 g/mol. The van der Waals surface area contributed by atoms with Gasteiger partial charge < -0.3 is 0 Å². The Morgan fingerprint density at radius 3 is 2.60 bits per heavy atom. The van der Waals surface area contributed by atoms with Gasteiger partial charge in [0.1, 0.15) is 5.21 Å². The molecule has 0 radical (unpaired) electrons. The van der Waals surface area contributed by atoms with Crippen molar-refractivity contribution >= 4 is 21.6 Å². The lowest BCUT2D eigenvalue weighted by molar-refractivity contribution is 0.586. The Morgan fingerprint density at radius 2 is 2.00 bits per heavy atom. The molecule has 5 heteroatoms. The highest BCUT2D eigenvalue weighted by Gasteiger charge is 2.06. The van der Waals surface area contributed by atoms with Gasteiger partial charge >= 0.3 is 0 Å². The van der Waals surface area contributed by atoms with Crippen molar-refractivity contribution in [1.29, 1.82) is 0 Å². The number of rotatable bonds is 5. The second kappa shape index (κ2) is 5.49. The number of alkyl halides is 1. The first-order chi connectivity index (χ1) is 7.05. The molecule has 0 unspecified atom stereocenters. The van der Waals surface area contributed by atoms with Crippen LogP contribution in [0.3, 0.4) is 0 Å².